The van der Waals surface area contributed by atoms with Crippen LogP contribution < -0.4 is 0 Å². The van der Waals surface area contributed by atoms with Gasteiger partial charge in [-0.2, -0.15) is 5.10 Å². The van der Waals surface area contributed by atoms with E-state index in [0.717, 1.165) is 24.4 Å². The van der Waals surface area contributed by atoms with E-state index in [9.17, 15) is 4.79 Å². The average Bonchev–Trinajstić information content (AvgIpc) is 3.09. The van der Waals surface area contributed by atoms with E-state index in [1.807, 2.05) is 37.1 Å². The second-order valence-electron chi connectivity index (χ2n) is 6.53. The Morgan fingerprint density at radius 3 is 2.87 bits per heavy atom. The molecule has 0 spiro atoms. The molecular formula is C17H24N4O2. The van der Waals surface area contributed by atoms with Crippen LogP contribution in [-0.2, 0) is 6.54 Å². The summed E-state index contributed by atoms with van der Waals surface area (Å²) in [6.07, 6.45) is 2.79. The summed E-state index contributed by atoms with van der Waals surface area (Å²) >= 11 is 0. The molecule has 124 valence electrons. The minimum absolute atomic E-state index is 0.0432. The molecule has 0 saturated heterocycles. The number of aryl methyl sites for hydroxylation is 2. The largest absolute Gasteiger partial charge is 0.466 e. The summed E-state index contributed by atoms with van der Waals surface area (Å²) in [6, 6.07) is 4.04. The molecule has 6 nitrogen and oxygen atoms in total. The van der Waals surface area contributed by atoms with Crippen molar-refractivity contribution in [2.75, 3.05) is 27.2 Å². The fraction of sp³-hybridized carbons (Fsp3) is 0.529. The van der Waals surface area contributed by atoms with Crippen molar-refractivity contribution in [3.05, 3.63) is 41.1 Å². The third-order valence-corrected chi connectivity index (χ3v) is 4.35. The van der Waals surface area contributed by atoms with E-state index >= 15 is 0 Å². The number of carbonyl (C=O) groups is 1. The molecule has 2 aromatic rings. The predicted molar refractivity (Wildman–Crippen MR) is 87.4 cm³/mol. The summed E-state index contributed by atoms with van der Waals surface area (Å²) in [5.74, 6) is 1.51. The number of amides is 1. The molecule has 0 aliphatic carbocycles. The lowest BCUT2D eigenvalue weighted by Gasteiger charge is -2.34. The molecule has 0 N–H and O–H groups in total. The number of carbonyl (C=O) groups excluding carboxylic acids is 1. The van der Waals surface area contributed by atoms with Crippen molar-refractivity contribution in [3.63, 3.8) is 0 Å². The molecule has 1 atom stereocenters. The van der Waals surface area contributed by atoms with E-state index in [0.29, 0.717) is 24.4 Å². The Morgan fingerprint density at radius 2 is 2.22 bits per heavy atom. The van der Waals surface area contributed by atoms with Crippen molar-refractivity contribution in [1.29, 1.82) is 0 Å². The van der Waals surface area contributed by atoms with Gasteiger partial charge in [0.1, 0.15) is 11.5 Å². The second kappa shape index (κ2) is 6.20. The molecule has 2 aromatic heterocycles. The van der Waals surface area contributed by atoms with E-state index in [1.165, 1.54) is 0 Å². The molecule has 6 heteroatoms. The SMILES string of the molecule is Cc1cc(C(=O)N2Cc3ccnn3[C@H](CCN(C)C)C2)c(C)o1. The van der Waals surface area contributed by atoms with Crippen molar-refractivity contribution in [2.24, 2.45) is 0 Å². The Labute approximate surface area is 136 Å². The van der Waals surface area contributed by atoms with Crippen molar-refractivity contribution in [2.45, 2.75) is 32.9 Å². The van der Waals surface area contributed by atoms with Gasteiger partial charge in [-0.25, -0.2) is 0 Å². The molecule has 23 heavy (non-hydrogen) atoms. The first-order valence-corrected chi connectivity index (χ1v) is 7.99. The lowest BCUT2D eigenvalue weighted by molar-refractivity contribution is 0.0658. The fourth-order valence-corrected chi connectivity index (χ4v) is 3.18. The molecular weight excluding hydrogens is 292 g/mol. The monoisotopic (exact) mass is 316 g/mol. The first kappa shape index (κ1) is 15.8. The van der Waals surface area contributed by atoms with Crippen molar-refractivity contribution in [1.82, 2.24) is 19.6 Å². The Hall–Kier alpha value is -2.08. The van der Waals surface area contributed by atoms with Gasteiger partial charge in [-0.1, -0.05) is 0 Å². The number of fused-ring (bicyclic) bond motifs is 1. The molecule has 3 rings (SSSR count). The molecule has 1 aliphatic rings. The van der Waals surface area contributed by atoms with Gasteiger partial charge in [-0.3, -0.25) is 9.48 Å². The third kappa shape index (κ3) is 3.17. The standard InChI is InChI=1S/C17H24N4O2/c1-12-9-16(13(2)23-12)17(22)20-10-14-5-7-18-21(14)15(11-20)6-8-19(3)4/h5,7,9,15H,6,8,10-11H2,1-4H3/t15-/m1/s1. The van der Waals surface area contributed by atoms with Crippen LogP contribution in [-0.4, -0.2) is 52.7 Å². The van der Waals surface area contributed by atoms with Gasteiger partial charge in [0, 0.05) is 12.7 Å². The maximum absolute atomic E-state index is 12.9. The van der Waals surface area contributed by atoms with Crippen LogP contribution in [0, 0.1) is 13.8 Å². The highest BCUT2D eigenvalue weighted by Gasteiger charge is 2.30. The van der Waals surface area contributed by atoms with E-state index in [4.69, 9.17) is 4.42 Å². The predicted octanol–water partition coefficient (Wildman–Crippen LogP) is 2.24. The molecule has 0 bridgehead atoms. The van der Waals surface area contributed by atoms with Gasteiger partial charge in [0.15, 0.2) is 0 Å². The number of nitrogens with zero attached hydrogens (tertiary/aromatic N) is 4. The van der Waals surface area contributed by atoms with Crippen LogP contribution in [0.15, 0.2) is 22.7 Å². The van der Waals surface area contributed by atoms with Gasteiger partial charge in [0.05, 0.1) is 23.8 Å². The quantitative estimate of drug-likeness (QED) is 0.868. The smallest absolute Gasteiger partial charge is 0.257 e. The number of aromatic nitrogens is 2. The highest BCUT2D eigenvalue weighted by atomic mass is 16.3. The summed E-state index contributed by atoms with van der Waals surface area (Å²) < 4.78 is 7.59. The molecule has 0 aromatic carbocycles. The molecule has 0 fully saturated rings. The van der Waals surface area contributed by atoms with E-state index in [-0.39, 0.29) is 11.9 Å². The fourth-order valence-electron chi connectivity index (χ4n) is 3.18. The Kier molecular flexibility index (Phi) is 4.26. The summed E-state index contributed by atoms with van der Waals surface area (Å²) in [5.41, 5.74) is 1.76. The first-order valence-electron chi connectivity index (χ1n) is 7.99. The first-order chi connectivity index (χ1) is 11.0. The zero-order valence-corrected chi connectivity index (χ0v) is 14.2. The maximum atomic E-state index is 12.9. The van der Waals surface area contributed by atoms with Gasteiger partial charge in [0.2, 0.25) is 0 Å². The summed E-state index contributed by atoms with van der Waals surface area (Å²) in [5, 5.41) is 4.45. The van der Waals surface area contributed by atoms with Gasteiger partial charge in [0.25, 0.3) is 5.91 Å². The summed E-state index contributed by atoms with van der Waals surface area (Å²) in [7, 11) is 4.13. The lowest BCUT2D eigenvalue weighted by atomic mass is 10.1. The number of hydrogen-bond acceptors (Lipinski definition) is 4. The second-order valence-corrected chi connectivity index (χ2v) is 6.53. The Morgan fingerprint density at radius 1 is 1.43 bits per heavy atom. The van der Waals surface area contributed by atoms with Crippen LogP contribution in [0.5, 0.6) is 0 Å². The molecule has 3 heterocycles. The van der Waals surface area contributed by atoms with Crippen LogP contribution in [0.4, 0.5) is 0 Å². The van der Waals surface area contributed by atoms with E-state index in [1.54, 1.807) is 0 Å². The zero-order valence-electron chi connectivity index (χ0n) is 14.2. The highest BCUT2D eigenvalue weighted by molar-refractivity contribution is 5.95. The van der Waals surface area contributed by atoms with Gasteiger partial charge in [-0.15, -0.1) is 0 Å². The summed E-state index contributed by atoms with van der Waals surface area (Å²) in [6.45, 7) is 5.97. The lowest BCUT2D eigenvalue weighted by Crippen LogP contribution is -2.42. The zero-order chi connectivity index (χ0) is 16.6. The Balaban J connectivity index is 1.82. The van der Waals surface area contributed by atoms with Crippen LogP contribution >= 0.6 is 0 Å². The van der Waals surface area contributed by atoms with Crippen LogP contribution in [0.3, 0.4) is 0 Å². The molecule has 0 unspecified atom stereocenters. The molecule has 0 saturated carbocycles. The highest BCUT2D eigenvalue weighted by Crippen LogP contribution is 2.26. The number of furan rings is 1. The molecule has 0 radical (unpaired) electrons. The maximum Gasteiger partial charge on any atom is 0.257 e. The van der Waals surface area contributed by atoms with Crippen molar-refractivity contribution < 1.29 is 9.21 Å². The normalized spacial score (nSPS) is 17.6. The van der Waals surface area contributed by atoms with E-state index in [2.05, 4.69) is 28.8 Å². The Bertz CT molecular complexity index is 701. The number of hydrogen-bond donors (Lipinski definition) is 0. The topological polar surface area (TPSA) is 54.5 Å². The van der Waals surface area contributed by atoms with Crippen molar-refractivity contribution >= 4 is 5.91 Å². The van der Waals surface area contributed by atoms with Crippen LogP contribution in [0.25, 0.3) is 0 Å². The third-order valence-electron chi connectivity index (χ3n) is 4.35. The van der Waals surface area contributed by atoms with Crippen LogP contribution in [0.1, 0.15) is 40.0 Å². The number of rotatable bonds is 4. The van der Waals surface area contributed by atoms with Gasteiger partial charge in [-0.05, 0) is 53.0 Å². The minimum atomic E-state index is 0.0432. The van der Waals surface area contributed by atoms with Gasteiger partial charge < -0.3 is 14.2 Å². The van der Waals surface area contributed by atoms with E-state index < -0.39 is 0 Å². The summed E-state index contributed by atoms with van der Waals surface area (Å²) in [4.78, 5) is 16.9. The van der Waals surface area contributed by atoms with Gasteiger partial charge >= 0.3 is 0 Å². The van der Waals surface area contributed by atoms with Crippen LogP contribution in [0.2, 0.25) is 0 Å². The molecule has 1 amide bonds. The average molecular weight is 316 g/mol. The molecule has 1 aliphatic heterocycles. The minimum Gasteiger partial charge on any atom is -0.466 e. The van der Waals surface area contributed by atoms with Crippen molar-refractivity contribution in [3.8, 4) is 0 Å².